The first-order valence-electron chi connectivity index (χ1n) is 13.6. The van der Waals surface area contributed by atoms with Crippen LogP contribution in [0.5, 0.6) is 0 Å². The zero-order valence-corrected chi connectivity index (χ0v) is 23.2. The molecule has 2 fully saturated rings. The van der Waals surface area contributed by atoms with Crippen LogP contribution in [-0.4, -0.2) is 81.9 Å². The first-order valence-corrected chi connectivity index (χ1v) is 13.6. The van der Waals surface area contributed by atoms with Crippen molar-refractivity contribution in [2.45, 2.75) is 18.4 Å². The summed E-state index contributed by atoms with van der Waals surface area (Å²) in [4.78, 5) is 41.9. The predicted octanol–water partition coefficient (Wildman–Crippen LogP) is 3.57. The number of rotatable bonds is 5. The molecular formula is C29H28F2N8O3. The Kier molecular flexibility index (Phi) is 5.67. The van der Waals surface area contributed by atoms with Crippen molar-refractivity contribution in [2.75, 3.05) is 56.4 Å². The van der Waals surface area contributed by atoms with Gasteiger partial charge in [-0.15, -0.1) is 0 Å². The Morgan fingerprint density at radius 3 is 2.55 bits per heavy atom. The van der Waals surface area contributed by atoms with Gasteiger partial charge in [-0.25, -0.2) is 28.2 Å². The maximum atomic E-state index is 15.6. The minimum atomic E-state index is -1.36. The number of hydrogen-bond donors (Lipinski definition) is 4. The van der Waals surface area contributed by atoms with E-state index in [0.29, 0.717) is 52.1 Å². The SMILES string of the molecule is CNc1cc(F)c(F)c2c1[nH]c1ncc(-c3cnc4c(c3)c(=O)c(C(=O)O)cn4NC)c(N3CCC4(CCN4C)C3)c12. The van der Waals surface area contributed by atoms with Crippen LogP contribution in [0.4, 0.5) is 20.2 Å². The van der Waals surface area contributed by atoms with E-state index >= 15 is 4.39 Å². The molecule has 11 nitrogen and oxygen atoms in total. The number of nitrogens with zero attached hydrogens (tertiary/aromatic N) is 5. The monoisotopic (exact) mass is 574 g/mol. The molecule has 0 bridgehead atoms. The van der Waals surface area contributed by atoms with E-state index < -0.39 is 28.6 Å². The normalized spacial score (nSPS) is 18.8. The molecule has 2 saturated heterocycles. The molecule has 2 aliphatic heterocycles. The standard InChI is InChI=1S/C29H28F2N8O3/c1-32-19-9-18(30)22(31)20-21-24(38-7-5-29(13-38)4-6-37(29)3)16(11-34-26(21)36-23(19)20)14-8-15-25(40)17(28(41)42)12-39(33-2)27(15)35-10-14/h8-12,32-33H,4-7,13H2,1-3H3,(H,34,36)(H,41,42). The summed E-state index contributed by atoms with van der Waals surface area (Å²) in [6.07, 6.45) is 6.34. The summed E-state index contributed by atoms with van der Waals surface area (Å²) in [6.45, 7) is 2.34. The lowest BCUT2D eigenvalue weighted by Crippen LogP contribution is -2.59. The third kappa shape index (κ3) is 3.52. The number of carboxylic acids is 1. The number of aromatic amines is 1. The number of benzene rings is 1. The van der Waals surface area contributed by atoms with Crippen molar-refractivity contribution in [3.63, 3.8) is 0 Å². The number of hydrogen-bond acceptors (Lipinski definition) is 8. The molecular weight excluding hydrogens is 546 g/mol. The van der Waals surface area contributed by atoms with Crippen LogP contribution >= 0.6 is 0 Å². The molecule has 0 radical (unpaired) electrons. The molecule has 0 amide bonds. The Bertz CT molecular complexity index is 2020. The quantitative estimate of drug-likeness (QED) is 0.249. The van der Waals surface area contributed by atoms with Crippen LogP contribution in [0.3, 0.4) is 0 Å². The summed E-state index contributed by atoms with van der Waals surface area (Å²) < 4.78 is 31.9. The van der Waals surface area contributed by atoms with Crippen LogP contribution in [-0.2, 0) is 0 Å². The van der Waals surface area contributed by atoms with Gasteiger partial charge in [0.15, 0.2) is 17.3 Å². The topological polar surface area (TPSA) is 131 Å². The smallest absolute Gasteiger partial charge is 0.341 e. The number of carbonyl (C=O) groups is 1. The summed E-state index contributed by atoms with van der Waals surface area (Å²) in [5.74, 6) is -3.32. The molecule has 5 aromatic rings. The minimum Gasteiger partial charge on any atom is -0.477 e. The summed E-state index contributed by atoms with van der Waals surface area (Å²) in [7, 11) is 5.32. The fraction of sp³-hybridized carbons (Fsp3) is 0.310. The molecule has 13 heteroatoms. The van der Waals surface area contributed by atoms with Crippen molar-refractivity contribution in [2.24, 2.45) is 0 Å². The molecule has 1 atom stereocenters. The van der Waals surface area contributed by atoms with E-state index in [0.717, 1.165) is 25.5 Å². The molecule has 6 heterocycles. The fourth-order valence-electron chi connectivity index (χ4n) is 6.57. The highest BCUT2D eigenvalue weighted by Crippen LogP contribution is 2.47. The molecule has 4 aromatic heterocycles. The van der Waals surface area contributed by atoms with Gasteiger partial charge in [-0.2, -0.15) is 0 Å². The number of fused-ring (bicyclic) bond motifs is 4. The zero-order chi connectivity index (χ0) is 29.5. The highest BCUT2D eigenvalue weighted by molar-refractivity contribution is 6.18. The van der Waals surface area contributed by atoms with E-state index in [-0.39, 0.29) is 22.0 Å². The van der Waals surface area contributed by atoms with Gasteiger partial charge in [-0.3, -0.25) is 9.69 Å². The second-order valence-corrected chi connectivity index (χ2v) is 11.0. The number of likely N-dealkylation sites (N-methyl/N-ethyl adjacent to an activating group) is 1. The molecule has 7 rings (SSSR count). The molecule has 42 heavy (non-hydrogen) atoms. The molecule has 1 unspecified atom stereocenters. The second-order valence-electron chi connectivity index (χ2n) is 11.0. The van der Waals surface area contributed by atoms with Crippen LogP contribution in [0.25, 0.3) is 44.1 Å². The number of aromatic carboxylic acids is 1. The van der Waals surface area contributed by atoms with Gasteiger partial charge in [0.25, 0.3) is 0 Å². The summed E-state index contributed by atoms with van der Waals surface area (Å²) >= 11 is 0. The van der Waals surface area contributed by atoms with E-state index in [1.165, 1.54) is 10.9 Å². The molecule has 4 N–H and O–H groups in total. The van der Waals surface area contributed by atoms with E-state index in [2.05, 4.69) is 42.5 Å². The van der Waals surface area contributed by atoms with Crippen molar-refractivity contribution in [3.8, 4) is 11.1 Å². The first-order chi connectivity index (χ1) is 20.2. The number of anilines is 2. The average molecular weight is 575 g/mol. The lowest BCUT2D eigenvalue weighted by Gasteiger charge is -2.48. The van der Waals surface area contributed by atoms with Gasteiger partial charge >= 0.3 is 5.97 Å². The Labute approximate surface area is 237 Å². The molecule has 216 valence electrons. The van der Waals surface area contributed by atoms with E-state index in [4.69, 9.17) is 0 Å². The number of likely N-dealkylation sites (tertiary alicyclic amines) is 1. The van der Waals surface area contributed by atoms with Gasteiger partial charge in [0, 0.05) is 75.1 Å². The van der Waals surface area contributed by atoms with Crippen LogP contribution in [0, 0.1) is 11.6 Å². The van der Waals surface area contributed by atoms with Crippen LogP contribution in [0.15, 0.2) is 35.5 Å². The van der Waals surface area contributed by atoms with Crippen LogP contribution in [0.2, 0.25) is 0 Å². The van der Waals surface area contributed by atoms with Gasteiger partial charge in [-0.05, 0) is 26.0 Å². The van der Waals surface area contributed by atoms with Crippen molar-refractivity contribution >= 4 is 50.3 Å². The van der Waals surface area contributed by atoms with Crippen molar-refractivity contribution in [1.29, 1.82) is 0 Å². The number of H-pyrrole nitrogens is 1. The number of nitrogens with one attached hydrogen (secondary N) is 3. The fourth-order valence-corrected chi connectivity index (χ4v) is 6.57. The number of pyridine rings is 3. The van der Waals surface area contributed by atoms with Gasteiger partial charge in [-0.1, -0.05) is 0 Å². The maximum absolute atomic E-state index is 15.6. The van der Waals surface area contributed by atoms with Gasteiger partial charge in [0.2, 0.25) is 5.43 Å². The van der Waals surface area contributed by atoms with E-state index in [1.54, 1.807) is 32.6 Å². The molecule has 1 aromatic carbocycles. The Hall–Kier alpha value is -4.78. The first kappa shape index (κ1) is 26.1. The zero-order valence-electron chi connectivity index (χ0n) is 23.2. The Balaban J connectivity index is 1.55. The summed E-state index contributed by atoms with van der Waals surface area (Å²) in [5.41, 5.74) is 4.89. The minimum absolute atomic E-state index is 0.0164. The third-order valence-corrected chi connectivity index (χ3v) is 9.03. The van der Waals surface area contributed by atoms with Gasteiger partial charge < -0.3 is 25.7 Å². The summed E-state index contributed by atoms with van der Waals surface area (Å²) in [6, 6.07) is 2.70. The van der Waals surface area contributed by atoms with E-state index in [9.17, 15) is 19.1 Å². The lowest BCUT2D eigenvalue weighted by atomic mass is 9.84. The largest absolute Gasteiger partial charge is 0.477 e. The van der Waals surface area contributed by atoms with Crippen molar-refractivity contribution in [3.05, 3.63) is 58.1 Å². The van der Waals surface area contributed by atoms with Crippen LogP contribution in [0.1, 0.15) is 23.2 Å². The van der Waals surface area contributed by atoms with Crippen molar-refractivity contribution < 1.29 is 18.7 Å². The number of aromatic nitrogens is 4. The maximum Gasteiger partial charge on any atom is 0.341 e. The lowest BCUT2D eigenvalue weighted by molar-refractivity contribution is 0.0307. The molecule has 1 spiro atoms. The Morgan fingerprint density at radius 2 is 1.90 bits per heavy atom. The van der Waals surface area contributed by atoms with Gasteiger partial charge in [0.05, 0.1) is 33.1 Å². The Morgan fingerprint density at radius 1 is 1.12 bits per heavy atom. The van der Waals surface area contributed by atoms with Crippen LogP contribution < -0.4 is 21.1 Å². The molecule has 0 aliphatic carbocycles. The highest BCUT2D eigenvalue weighted by atomic mass is 19.2. The third-order valence-electron chi connectivity index (χ3n) is 9.03. The number of halogens is 2. The average Bonchev–Trinajstić information content (AvgIpc) is 3.62. The summed E-state index contributed by atoms with van der Waals surface area (Å²) in [5, 5.41) is 13.2. The second kappa shape index (κ2) is 9.11. The van der Waals surface area contributed by atoms with Gasteiger partial charge in [0.1, 0.15) is 11.2 Å². The van der Waals surface area contributed by atoms with E-state index in [1.807, 2.05) is 0 Å². The number of carboxylic acid groups (broad SMARTS) is 1. The highest BCUT2D eigenvalue weighted by Gasteiger charge is 2.48. The predicted molar refractivity (Wildman–Crippen MR) is 157 cm³/mol. The molecule has 2 aliphatic rings. The molecule has 0 saturated carbocycles. The van der Waals surface area contributed by atoms with Crippen molar-refractivity contribution in [1.82, 2.24) is 24.5 Å².